The molecule has 0 aromatic heterocycles. The van der Waals surface area contributed by atoms with Crippen LogP contribution in [-0.4, -0.2) is 38.8 Å². The molecule has 1 unspecified atom stereocenters. The SMILES string of the molecule is CC.CC.COCC1CN(C)CC[C@@H]1c1ccccc1. The summed E-state index contributed by atoms with van der Waals surface area (Å²) >= 11 is 0. The van der Waals surface area contributed by atoms with Gasteiger partial charge in [0.05, 0.1) is 6.61 Å². The number of hydrogen-bond acceptors (Lipinski definition) is 2. The van der Waals surface area contributed by atoms with Gasteiger partial charge >= 0.3 is 0 Å². The standard InChI is InChI=1S/C14H21NO.2C2H6/c1-15-9-8-14(13(10-15)11-16-2)12-6-4-3-5-7-12;2*1-2/h3-7,13-14H,8-11H2,1-2H3;2*1-2H3/t13?,14-;;/m1../s1. The summed E-state index contributed by atoms with van der Waals surface area (Å²) in [5.74, 6) is 1.29. The fourth-order valence-corrected chi connectivity index (χ4v) is 2.74. The van der Waals surface area contributed by atoms with Gasteiger partial charge in [-0.2, -0.15) is 0 Å². The molecule has 1 aliphatic rings. The zero-order valence-electron chi connectivity index (χ0n) is 14.2. The highest BCUT2D eigenvalue weighted by atomic mass is 16.5. The van der Waals surface area contributed by atoms with Crippen LogP contribution in [0.2, 0.25) is 0 Å². The minimum Gasteiger partial charge on any atom is -0.384 e. The van der Waals surface area contributed by atoms with Gasteiger partial charge in [-0.25, -0.2) is 0 Å². The highest BCUT2D eigenvalue weighted by Gasteiger charge is 2.28. The minimum atomic E-state index is 0.631. The monoisotopic (exact) mass is 279 g/mol. The summed E-state index contributed by atoms with van der Waals surface area (Å²) in [7, 11) is 4.00. The Morgan fingerprint density at radius 2 is 1.70 bits per heavy atom. The third kappa shape index (κ3) is 6.06. The summed E-state index contributed by atoms with van der Waals surface area (Å²) in [5.41, 5.74) is 1.47. The molecule has 1 aromatic rings. The van der Waals surface area contributed by atoms with Crippen LogP contribution in [0.25, 0.3) is 0 Å². The maximum absolute atomic E-state index is 5.35. The lowest BCUT2D eigenvalue weighted by Crippen LogP contribution is -2.39. The summed E-state index contributed by atoms with van der Waals surface area (Å²) in [4.78, 5) is 2.41. The van der Waals surface area contributed by atoms with E-state index in [1.165, 1.54) is 18.5 Å². The molecule has 1 saturated heterocycles. The molecule has 2 rings (SSSR count). The van der Waals surface area contributed by atoms with E-state index in [0.717, 1.165) is 13.2 Å². The van der Waals surface area contributed by atoms with Gasteiger partial charge in [0.25, 0.3) is 0 Å². The van der Waals surface area contributed by atoms with Crippen LogP contribution < -0.4 is 0 Å². The first-order chi connectivity index (χ1) is 9.81. The molecule has 1 aromatic carbocycles. The Morgan fingerprint density at radius 1 is 1.10 bits per heavy atom. The van der Waals surface area contributed by atoms with Crippen molar-refractivity contribution in [2.45, 2.75) is 40.0 Å². The van der Waals surface area contributed by atoms with E-state index in [4.69, 9.17) is 4.74 Å². The molecule has 2 nitrogen and oxygen atoms in total. The number of piperidine rings is 1. The van der Waals surface area contributed by atoms with E-state index in [1.807, 2.05) is 27.7 Å². The molecule has 20 heavy (non-hydrogen) atoms. The zero-order valence-corrected chi connectivity index (χ0v) is 14.2. The lowest BCUT2D eigenvalue weighted by Gasteiger charge is -2.36. The quantitative estimate of drug-likeness (QED) is 0.812. The van der Waals surface area contributed by atoms with Gasteiger partial charge in [0.1, 0.15) is 0 Å². The highest BCUT2D eigenvalue weighted by molar-refractivity contribution is 5.21. The van der Waals surface area contributed by atoms with Gasteiger partial charge in [-0.3, -0.25) is 0 Å². The third-order valence-corrected chi connectivity index (χ3v) is 3.55. The lowest BCUT2D eigenvalue weighted by atomic mass is 9.81. The summed E-state index contributed by atoms with van der Waals surface area (Å²) in [6, 6.07) is 10.9. The van der Waals surface area contributed by atoms with Gasteiger partial charge in [-0.05, 0) is 31.5 Å². The van der Waals surface area contributed by atoms with Gasteiger partial charge < -0.3 is 9.64 Å². The second kappa shape index (κ2) is 11.9. The van der Waals surface area contributed by atoms with E-state index in [-0.39, 0.29) is 0 Å². The molecule has 0 bridgehead atoms. The molecule has 0 aliphatic carbocycles. The Bertz CT molecular complexity index is 312. The largest absolute Gasteiger partial charge is 0.384 e. The van der Waals surface area contributed by atoms with E-state index in [9.17, 15) is 0 Å². The summed E-state index contributed by atoms with van der Waals surface area (Å²) < 4.78 is 5.35. The number of hydrogen-bond donors (Lipinski definition) is 0. The highest BCUT2D eigenvalue weighted by Crippen LogP contribution is 2.32. The van der Waals surface area contributed by atoms with Crippen LogP contribution in [0.1, 0.15) is 45.6 Å². The Morgan fingerprint density at radius 3 is 2.25 bits per heavy atom. The summed E-state index contributed by atoms with van der Waals surface area (Å²) in [6.07, 6.45) is 1.24. The van der Waals surface area contributed by atoms with Crippen LogP contribution in [0.15, 0.2) is 30.3 Å². The minimum absolute atomic E-state index is 0.631. The first-order valence-electron chi connectivity index (χ1n) is 8.03. The number of methoxy groups -OCH3 is 1. The predicted octanol–water partition coefficient (Wildman–Crippen LogP) is 4.42. The first-order valence-corrected chi connectivity index (χ1v) is 8.03. The van der Waals surface area contributed by atoms with Crippen molar-refractivity contribution in [2.24, 2.45) is 5.92 Å². The molecule has 0 saturated carbocycles. The number of nitrogens with zero attached hydrogens (tertiary/aromatic N) is 1. The molecule has 116 valence electrons. The molecule has 1 aliphatic heterocycles. The van der Waals surface area contributed by atoms with Crippen LogP contribution in [0.5, 0.6) is 0 Å². The van der Waals surface area contributed by atoms with Gasteiger partial charge in [-0.15, -0.1) is 0 Å². The van der Waals surface area contributed by atoms with E-state index in [2.05, 4.69) is 42.3 Å². The van der Waals surface area contributed by atoms with Crippen molar-refractivity contribution in [1.29, 1.82) is 0 Å². The molecule has 1 heterocycles. The normalized spacial score (nSPS) is 22.1. The average Bonchev–Trinajstić information content (AvgIpc) is 2.53. The fraction of sp³-hybridized carbons (Fsp3) is 0.667. The van der Waals surface area contributed by atoms with Crippen molar-refractivity contribution >= 4 is 0 Å². The molecule has 0 radical (unpaired) electrons. The molecular weight excluding hydrogens is 246 g/mol. The van der Waals surface area contributed by atoms with Crippen molar-refractivity contribution < 1.29 is 4.74 Å². The predicted molar refractivity (Wildman–Crippen MR) is 89.4 cm³/mol. The van der Waals surface area contributed by atoms with E-state index in [0.29, 0.717) is 11.8 Å². The molecule has 0 spiro atoms. The Hall–Kier alpha value is -0.860. The van der Waals surface area contributed by atoms with Gasteiger partial charge in [0.2, 0.25) is 0 Å². The van der Waals surface area contributed by atoms with Crippen LogP contribution in [-0.2, 0) is 4.74 Å². The third-order valence-electron chi connectivity index (χ3n) is 3.55. The maximum Gasteiger partial charge on any atom is 0.0508 e. The van der Waals surface area contributed by atoms with Gasteiger partial charge in [0, 0.05) is 19.6 Å². The van der Waals surface area contributed by atoms with Crippen molar-refractivity contribution in [3.63, 3.8) is 0 Å². The van der Waals surface area contributed by atoms with Gasteiger partial charge in [-0.1, -0.05) is 58.0 Å². The van der Waals surface area contributed by atoms with Crippen molar-refractivity contribution in [1.82, 2.24) is 4.90 Å². The van der Waals surface area contributed by atoms with Crippen molar-refractivity contribution in [3.05, 3.63) is 35.9 Å². The number of benzene rings is 1. The summed E-state index contributed by atoms with van der Waals surface area (Å²) in [5, 5.41) is 0. The van der Waals surface area contributed by atoms with Crippen molar-refractivity contribution in [2.75, 3.05) is 33.9 Å². The Balaban J connectivity index is 0.000000829. The average molecular weight is 279 g/mol. The molecule has 0 amide bonds. The Kier molecular flexibility index (Phi) is 11.4. The number of rotatable bonds is 3. The maximum atomic E-state index is 5.35. The summed E-state index contributed by atoms with van der Waals surface area (Å²) in [6.45, 7) is 11.2. The fourth-order valence-electron chi connectivity index (χ4n) is 2.74. The van der Waals surface area contributed by atoms with Crippen molar-refractivity contribution in [3.8, 4) is 0 Å². The van der Waals surface area contributed by atoms with Crippen LogP contribution in [0.4, 0.5) is 0 Å². The molecular formula is C18H33NO. The van der Waals surface area contributed by atoms with Crippen LogP contribution >= 0.6 is 0 Å². The zero-order chi connectivity index (χ0) is 15.4. The smallest absolute Gasteiger partial charge is 0.0508 e. The number of ether oxygens (including phenoxy) is 1. The lowest BCUT2D eigenvalue weighted by molar-refractivity contribution is 0.0867. The van der Waals surface area contributed by atoms with E-state index >= 15 is 0 Å². The van der Waals surface area contributed by atoms with Gasteiger partial charge in [0.15, 0.2) is 0 Å². The van der Waals surface area contributed by atoms with Crippen LogP contribution in [0, 0.1) is 5.92 Å². The second-order valence-electron chi connectivity index (χ2n) is 4.78. The molecule has 1 fully saturated rings. The topological polar surface area (TPSA) is 12.5 Å². The van der Waals surface area contributed by atoms with Crippen LogP contribution in [0.3, 0.4) is 0 Å². The Labute approximate surface area is 126 Å². The first kappa shape index (κ1) is 19.1. The molecule has 2 heteroatoms. The van der Waals surface area contributed by atoms with E-state index in [1.54, 1.807) is 7.11 Å². The molecule has 0 N–H and O–H groups in total. The number of likely N-dealkylation sites (tertiary alicyclic amines) is 1. The van der Waals surface area contributed by atoms with E-state index < -0.39 is 0 Å². The molecule has 2 atom stereocenters. The second-order valence-corrected chi connectivity index (χ2v) is 4.78.